The van der Waals surface area contributed by atoms with E-state index in [4.69, 9.17) is 11.6 Å². The van der Waals surface area contributed by atoms with Gasteiger partial charge in [-0.2, -0.15) is 0 Å². The number of Topliss-reactive ketones (excluding diaryl/α,β-unsaturated/α-hetero) is 1. The van der Waals surface area contributed by atoms with Crippen LogP contribution in [-0.2, 0) is 0 Å². The molecule has 15 heavy (non-hydrogen) atoms. The van der Waals surface area contributed by atoms with E-state index >= 15 is 0 Å². The van der Waals surface area contributed by atoms with Crippen molar-refractivity contribution >= 4 is 28.3 Å². The average molecular weight is 220 g/mol. The largest absolute Gasteiger partial charge is 0.294 e. The van der Waals surface area contributed by atoms with Gasteiger partial charge in [0, 0.05) is 11.8 Å². The van der Waals surface area contributed by atoms with Crippen molar-refractivity contribution in [2.75, 3.05) is 0 Å². The van der Waals surface area contributed by atoms with Crippen LogP contribution in [0.2, 0.25) is 5.15 Å². The predicted molar refractivity (Wildman–Crippen MR) is 61.4 cm³/mol. The lowest BCUT2D eigenvalue weighted by molar-refractivity contribution is 0.0988. The molecule has 2 aromatic rings. The Morgan fingerprint density at radius 1 is 1.40 bits per heavy atom. The van der Waals surface area contributed by atoms with Crippen molar-refractivity contribution in [3.05, 3.63) is 41.0 Å². The number of nitrogens with zero attached hydrogens (tertiary/aromatic N) is 1. The topological polar surface area (TPSA) is 30.0 Å². The first-order valence-electron chi connectivity index (χ1n) is 4.81. The second-order valence-corrected chi connectivity index (χ2v) is 3.65. The fourth-order valence-electron chi connectivity index (χ4n) is 1.48. The third-order valence-corrected chi connectivity index (χ3v) is 2.59. The molecule has 1 heterocycles. The van der Waals surface area contributed by atoms with Gasteiger partial charge < -0.3 is 0 Å². The molecule has 0 bridgehead atoms. The molecule has 0 saturated heterocycles. The second kappa shape index (κ2) is 3.99. The quantitative estimate of drug-likeness (QED) is 0.572. The fourth-order valence-corrected chi connectivity index (χ4v) is 1.73. The SMILES string of the molecule is CCC(=O)c1cc2ccccc2nc1Cl. The highest BCUT2D eigenvalue weighted by atomic mass is 35.5. The number of hydrogen-bond acceptors (Lipinski definition) is 2. The van der Waals surface area contributed by atoms with E-state index in [1.807, 2.05) is 31.2 Å². The van der Waals surface area contributed by atoms with Crippen LogP contribution >= 0.6 is 11.6 Å². The third kappa shape index (κ3) is 1.85. The van der Waals surface area contributed by atoms with Gasteiger partial charge in [-0.05, 0) is 12.1 Å². The molecule has 0 aliphatic carbocycles. The second-order valence-electron chi connectivity index (χ2n) is 3.30. The lowest BCUT2D eigenvalue weighted by atomic mass is 10.1. The first kappa shape index (κ1) is 10.1. The van der Waals surface area contributed by atoms with Gasteiger partial charge in [0.1, 0.15) is 5.15 Å². The number of pyridine rings is 1. The Bertz CT molecular complexity index is 522. The van der Waals surface area contributed by atoms with Gasteiger partial charge in [-0.25, -0.2) is 4.98 Å². The zero-order chi connectivity index (χ0) is 10.8. The highest BCUT2D eigenvalue weighted by molar-refractivity contribution is 6.33. The minimum atomic E-state index is 0.0262. The summed E-state index contributed by atoms with van der Waals surface area (Å²) in [6.45, 7) is 1.81. The first-order chi connectivity index (χ1) is 7.22. The molecule has 2 nitrogen and oxygen atoms in total. The van der Waals surface area contributed by atoms with Crippen molar-refractivity contribution < 1.29 is 4.79 Å². The van der Waals surface area contributed by atoms with Crippen LogP contribution in [0.5, 0.6) is 0 Å². The predicted octanol–water partition coefficient (Wildman–Crippen LogP) is 3.48. The summed E-state index contributed by atoms with van der Waals surface area (Å²) in [4.78, 5) is 15.7. The summed E-state index contributed by atoms with van der Waals surface area (Å²) >= 11 is 5.94. The van der Waals surface area contributed by atoms with Crippen LogP contribution in [-0.4, -0.2) is 10.8 Å². The van der Waals surface area contributed by atoms with Crippen LogP contribution < -0.4 is 0 Å². The molecular formula is C12H10ClNO. The highest BCUT2D eigenvalue weighted by Crippen LogP contribution is 2.21. The summed E-state index contributed by atoms with van der Waals surface area (Å²) < 4.78 is 0. The molecule has 0 saturated carbocycles. The minimum absolute atomic E-state index is 0.0262. The van der Waals surface area contributed by atoms with Crippen molar-refractivity contribution in [2.24, 2.45) is 0 Å². The Morgan fingerprint density at radius 2 is 2.13 bits per heavy atom. The third-order valence-electron chi connectivity index (χ3n) is 2.30. The number of para-hydroxylation sites is 1. The van der Waals surface area contributed by atoms with E-state index in [-0.39, 0.29) is 5.78 Å². The fraction of sp³-hybridized carbons (Fsp3) is 0.167. The Kier molecular flexibility index (Phi) is 2.69. The monoisotopic (exact) mass is 219 g/mol. The summed E-state index contributed by atoms with van der Waals surface area (Å²) in [5.74, 6) is 0.0262. The molecule has 76 valence electrons. The maximum atomic E-state index is 11.6. The van der Waals surface area contributed by atoms with Crippen molar-refractivity contribution in [2.45, 2.75) is 13.3 Å². The zero-order valence-corrected chi connectivity index (χ0v) is 9.08. The normalized spacial score (nSPS) is 10.5. The Balaban J connectivity index is 2.67. The van der Waals surface area contributed by atoms with Gasteiger partial charge in [-0.15, -0.1) is 0 Å². The Morgan fingerprint density at radius 3 is 2.87 bits per heavy atom. The molecule has 2 rings (SSSR count). The number of carbonyl (C=O) groups excluding carboxylic acids is 1. The van der Waals surface area contributed by atoms with E-state index in [0.717, 1.165) is 10.9 Å². The van der Waals surface area contributed by atoms with E-state index in [1.165, 1.54) is 0 Å². The molecule has 0 aliphatic heterocycles. The van der Waals surface area contributed by atoms with E-state index in [1.54, 1.807) is 6.07 Å². The van der Waals surface area contributed by atoms with Gasteiger partial charge in [0.25, 0.3) is 0 Å². The maximum Gasteiger partial charge on any atom is 0.165 e. The summed E-state index contributed by atoms with van der Waals surface area (Å²) in [6.07, 6.45) is 0.444. The molecule has 0 N–H and O–H groups in total. The Labute approximate surface area is 92.9 Å². The standard InChI is InChI=1S/C12H10ClNO/c1-2-11(15)9-7-8-5-3-4-6-10(8)14-12(9)13/h3-7H,2H2,1H3. The number of fused-ring (bicyclic) bond motifs is 1. The lowest BCUT2D eigenvalue weighted by Gasteiger charge is -2.03. The smallest absolute Gasteiger partial charge is 0.165 e. The summed E-state index contributed by atoms with van der Waals surface area (Å²) in [5.41, 5.74) is 1.33. The van der Waals surface area contributed by atoms with Gasteiger partial charge in [0.05, 0.1) is 11.1 Å². The van der Waals surface area contributed by atoms with E-state index in [2.05, 4.69) is 4.98 Å². The maximum absolute atomic E-state index is 11.6. The molecule has 0 spiro atoms. The lowest BCUT2D eigenvalue weighted by Crippen LogP contribution is -1.99. The van der Waals surface area contributed by atoms with Gasteiger partial charge >= 0.3 is 0 Å². The van der Waals surface area contributed by atoms with E-state index < -0.39 is 0 Å². The van der Waals surface area contributed by atoms with Gasteiger partial charge in [0.2, 0.25) is 0 Å². The summed E-state index contributed by atoms with van der Waals surface area (Å²) in [6, 6.07) is 9.41. The number of ketones is 1. The van der Waals surface area contributed by atoms with Crippen LogP contribution in [0.1, 0.15) is 23.7 Å². The number of benzene rings is 1. The first-order valence-corrected chi connectivity index (χ1v) is 5.18. The molecular weight excluding hydrogens is 210 g/mol. The number of carbonyl (C=O) groups is 1. The van der Waals surface area contributed by atoms with Crippen molar-refractivity contribution in [1.29, 1.82) is 0 Å². The number of rotatable bonds is 2. The van der Waals surface area contributed by atoms with Gasteiger partial charge in [-0.3, -0.25) is 4.79 Å². The van der Waals surface area contributed by atoms with Crippen LogP contribution in [0.3, 0.4) is 0 Å². The Hall–Kier alpha value is -1.41. The van der Waals surface area contributed by atoms with E-state index in [0.29, 0.717) is 17.1 Å². The number of halogens is 1. The number of aromatic nitrogens is 1. The molecule has 3 heteroatoms. The molecule has 0 radical (unpaired) electrons. The van der Waals surface area contributed by atoms with Crippen molar-refractivity contribution in [1.82, 2.24) is 4.98 Å². The minimum Gasteiger partial charge on any atom is -0.294 e. The molecule has 0 aliphatic rings. The zero-order valence-electron chi connectivity index (χ0n) is 8.33. The molecule has 1 aromatic carbocycles. The molecule has 0 fully saturated rings. The average Bonchev–Trinajstić information content (AvgIpc) is 2.27. The van der Waals surface area contributed by atoms with Gasteiger partial charge in [0.15, 0.2) is 5.78 Å². The summed E-state index contributed by atoms with van der Waals surface area (Å²) in [7, 11) is 0. The van der Waals surface area contributed by atoms with Crippen molar-refractivity contribution in [3.63, 3.8) is 0 Å². The molecule has 0 amide bonds. The van der Waals surface area contributed by atoms with Crippen molar-refractivity contribution in [3.8, 4) is 0 Å². The highest BCUT2D eigenvalue weighted by Gasteiger charge is 2.10. The van der Waals surface area contributed by atoms with E-state index in [9.17, 15) is 4.79 Å². The molecule has 0 unspecified atom stereocenters. The van der Waals surface area contributed by atoms with Crippen LogP contribution in [0, 0.1) is 0 Å². The number of hydrogen-bond donors (Lipinski definition) is 0. The van der Waals surface area contributed by atoms with Crippen LogP contribution in [0.15, 0.2) is 30.3 Å². The van der Waals surface area contributed by atoms with Crippen LogP contribution in [0.25, 0.3) is 10.9 Å². The molecule has 0 atom stereocenters. The van der Waals surface area contributed by atoms with Gasteiger partial charge in [-0.1, -0.05) is 36.7 Å². The molecule has 1 aromatic heterocycles. The van der Waals surface area contributed by atoms with Crippen LogP contribution in [0.4, 0.5) is 0 Å². The summed E-state index contributed by atoms with van der Waals surface area (Å²) in [5, 5.41) is 1.24.